The summed E-state index contributed by atoms with van der Waals surface area (Å²) in [5.41, 5.74) is 5.02. The van der Waals surface area contributed by atoms with Gasteiger partial charge in [0.2, 0.25) is 0 Å². The fourth-order valence-electron chi connectivity index (χ4n) is 2.19. The summed E-state index contributed by atoms with van der Waals surface area (Å²) < 4.78 is 0. The van der Waals surface area contributed by atoms with Gasteiger partial charge in [-0.1, -0.05) is 13.8 Å². The first-order valence-electron chi connectivity index (χ1n) is 5.98. The van der Waals surface area contributed by atoms with E-state index in [-0.39, 0.29) is 0 Å². The molecule has 0 spiro atoms. The van der Waals surface area contributed by atoms with Gasteiger partial charge in [0.25, 0.3) is 0 Å². The van der Waals surface area contributed by atoms with E-state index in [1.807, 2.05) is 0 Å². The molecule has 1 saturated heterocycles. The lowest BCUT2D eigenvalue weighted by molar-refractivity contribution is -0.142. The quantitative estimate of drug-likeness (QED) is 0.744. The number of nitrogens with zero attached hydrogens (tertiary/aromatic N) is 1. The van der Waals surface area contributed by atoms with Gasteiger partial charge in [-0.05, 0) is 44.7 Å². The maximum atomic E-state index is 10.8. The van der Waals surface area contributed by atoms with Crippen LogP contribution in [0.2, 0.25) is 0 Å². The number of rotatable bonds is 5. The molecule has 94 valence electrons. The second kappa shape index (κ2) is 4.72. The highest BCUT2D eigenvalue weighted by Crippen LogP contribution is 2.28. The van der Waals surface area contributed by atoms with Crippen molar-refractivity contribution in [2.45, 2.75) is 45.6 Å². The summed E-state index contributed by atoms with van der Waals surface area (Å²) in [6.07, 6.45) is 2.63. The number of hydrogen-bond acceptors (Lipinski definition) is 3. The Morgan fingerprint density at radius 3 is 2.62 bits per heavy atom. The molecule has 0 bridgehead atoms. The highest BCUT2D eigenvalue weighted by Gasteiger charge is 2.30. The molecule has 4 nitrogen and oxygen atoms in total. The van der Waals surface area contributed by atoms with Crippen molar-refractivity contribution < 1.29 is 9.90 Å². The number of carboxylic acids is 1. The number of aliphatic carboxylic acids is 1. The van der Waals surface area contributed by atoms with E-state index in [2.05, 4.69) is 18.7 Å². The summed E-state index contributed by atoms with van der Waals surface area (Å²) in [7, 11) is 0. The number of carbonyl (C=O) groups is 1. The summed E-state index contributed by atoms with van der Waals surface area (Å²) in [5.74, 6) is -0.908. The van der Waals surface area contributed by atoms with E-state index in [0.29, 0.717) is 11.8 Å². The summed E-state index contributed by atoms with van der Waals surface area (Å²) >= 11 is 0. The highest BCUT2D eigenvalue weighted by molar-refractivity contribution is 5.77. The Balaban J connectivity index is 2.25. The zero-order chi connectivity index (χ0) is 12.4. The van der Waals surface area contributed by atoms with Crippen molar-refractivity contribution in [2.75, 3.05) is 19.6 Å². The van der Waals surface area contributed by atoms with Crippen LogP contribution in [0.4, 0.5) is 0 Å². The second-order valence-electron chi connectivity index (χ2n) is 6.02. The van der Waals surface area contributed by atoms with Crippen molar-refractivity contribution >= 4 is 5.97 Å². The van der Waals surface area contributed by atoms with Crippen LogP contribution in [0.5, 0.6) is 0 Å². The molecule has 3 N–H and O–H groups in total. The number of carboxylic acid groups (broad SMARTS) is 1. The first-order chi connectivity index (χ1) is 7.23. The minimum Gasteiger partial charge on any atom is -0.480 e. The van der Waals surface area contributed by atoms with Crippen LogP contribution in [0, 0.1) is 5.41 Å². The lowest BCUT2D eigenvalue weighted by Gasteiger charge is -2.22. The molecule has 1 heterocycles. The molecule has 1 aliphatic heterocycles. The topological polar surface area (TPSA) is 66.6 Å². The van der Waals surface area contributed by atoms with Crippen LogP contribution < -0.4 is 5.73 Å². The van der Waals surface area contributed by atoms with Crippen LogP contribution >= 0.6 is 0 Å². The van der Waals surface area contributed by atoms with E-state index in [1.54, 1.807) is 6.92 Å². The molecule has 0 saturated carbocycles. The fraction of sp³-hybridized carbons (Fsp3) is 0.917. The van der Waals surface area contributed by atoms with Gasteiger partial charge in [-0.25, -0.2) is 0 Å². The van der Waals surface area contributed by atoms with E-state index in [9.17, 15) is 4.79 Å². The first kappa shape index (κ1) is 13.5. The molecule has 0 aliphatic carbocycles. The van der Waals surface area contributed by atoms with Crippen molar-refractivity contribution in [3.63, 3.8) is 0 Å². The molecule has 1 rings (SSSR count). The second-order valence-corrected chi connectivity index (χ2v) is 6.02. The first-order valence-corrected chi connectivity index (χ1v) is 5.98. The van der Waals surface area contributed by atoms with Crippen LogP contribution in [0.25, 0.3) is 0 Å². The predicted octanol–water partition coefficient (Wildman–Crippen LogP) is 1.30. The standard InChI is InChI=1S/C12H24N2O2/c1-11(2)6-8-14(9-11)7-4-5-12(3,13)10(15)16/h4-9,13H2,1-3H3,(H,15,16). The van der Waals surface area contributed by atoms with Gasteiger partial charge in [-0.3, -0.25) is 4.79 Å². The molecular weight excluding hydrogens is 204 g/mol. The maximum absolute atomic E-state index is 10.8. The average molecular weight is 228 g/mol. The largest absolute Gasteiger partial charge is 0.480 e. The summed E-state index contributed by atoms with van der Waals surface area (Å²) in [6, 6.07) is 0. The smallest absolute Gasteiger partial charge is 0.323 e. The van der Waals surface area contributed by atoms with Crippen LogP contribution in [0.1, 0.15) is 40.0 Å². The van der Waals surface area contributed by atoms with Crippen LogP contribution in [0.15, 0.2) is 0 Å². The molecule has 4 heteroatoms. The van der Waals surface area contributed by atoms with Crippen molar-refractivity contribution in [3.05, 3.63) is 0 Å². The van der Waals surface area contributed by atoms with Crippen molar-refractivity contribution in [2.24, 2.45) is 11.1 Å². The Kier molecular flexibility index (Phi) is 3.97. The molecule has 16 heavy (non-hydrogen) atoms. The van der Waals surface area contributed by atoms with Gasteiger partial charge in [-0.2, -0.15) is 0 Å². The number of hydrogen-bond donors (Lipinski definition) is 2. The van der Waals surface area contributed by atoms with Crippen molar-refractivity contribution in [3.8, 4) is 0 Å². The van der Waals surface area contributed by atoms with Gasteiger partial charge in [0.05, 0.1) is 0 Å². The minimum atomic E-state index is -1.07. The Morgan fingerprint density at radius 2 is 2.19 bits per heavy atom. The zero-order valence-corrected chi connectivity index (χ0v) is 10.6. The molecule has 1 aliphatic rings. The van der Waals surface area contributed by atoms with Crippen LogP contribution in [0.3, 0.4) is 0 Å². The number of likely N-dealkylation sites (tertiary alicyclic amines) is 1. The van der Waals surface area contributed by atoms with Crippen molar-refractivity contribution in [1.29, 1.82) is 0 Å². The van der Waals surface area contributed by atoms with E-state index in [0.717, 1.165) is 26.1 Å². The van der Waals surface area contributed by atoms with E-state index in [4.69, 9.17) is 10.8 Å². The van der Waals surface area contributed by atoms with Gasteiger partial charge < -0.3 is 15.7 Å². The van der Waals surface area contributed by atoms with Gasteiger partial charge in [0, 0.05) is 6.54 Å². The predicted molar refractivity (Wildman–Crippen MR) is 64.3 cm³/mol. The number of nitrogens with two attached hydrogens (primary N) is 1. The van der Waals surface area contributed by atoms with Gasteiger partial charge >= 0.3 is 5.97 Å². The molecule has 0 aromatic rings. The lowest BCUT2D eigenvalue weighted by atomic mass is 9.93. The molecule has 0 aromatic carbocycles. The monoisotopic (exact) mass is 228 g/mol. The van der Waals surface area contributed by atoms with Gasteiger partial charge in [0.1, 0.15) is 5.54 Å². The third kappa shape index (κ3) is 3.76. The Labute approximate surface area is 97.8 Å². The molecule has 0 amide bonds. The third-order valence-corrected chi connectivity index (χ3v) is 3.42. The molecule has 1 unspecified atom stereocenters. The summed E-state index contributed by atoms with van der Waals surface area (Å²) in [4.78, 5) is 13.2. The van der Waals surface area contributed by atoms with E-state index < -0.39 is 11.5 Å². The van der Waals surface area contributed by atoms with Gasteiger partial charge in [0.15, 0.2) is 0 Å². The molecule has 1 atom stereocenters. The van der Waals surface area contributed by atoms with Crippen LogP contribution in [-0.2, 0) is 4.79 Å². The fourth-order valence-corrected chi connectivity index (χ4v) is 2.19. The SMILES string of the molecule is CC1(C)CCN(CCCC(C)(N)C(=O)O)C1. The zero-order valence-electron chi connectivity index (χ0n) is 10.6. The van der Waals surface area contributed by atoms with E-state index >= 15 is 0 Å². The van der Waals surface area contributed by atoms with Crippen LogP contribution in [-0.4, -0.2) is 41.1 Å². The minimum absolute atomic E-state index is 0.415. The third-order valence-electron chi connectivity index (χ3n) is 3.42. The normalized spacial score (nSPS) is 24.2. The molecule has 0 aromatic heterocycles. The van der Waals surface area contributed by atoms with Gasteiger partial charge in [-0.15, -0.1) is 0 Å². The molecular formula is C12H24N2O2. The average Bonchev–Trinajstić information content (AvgIpc) is 2.45. The molecule has 0 radical (unpaired) electrons. The lowest BCUT2D eigenvalue weighted by Crippen LogP contribution is -2.45. The summed E-state index contributed by atoms with van der Waals surface area (Å²) in [6.45, 7) is 9.34. The summed E-state index contributed by atoms with van der Waals surface area (Å²) in [5, 5.41) is 8.88. The van der Waals surface area contributed by atoms with Crippen molar-refractivity contribution in [1.82, 2.24) is 4.90 Å². The highest BCUT2D eigenvalue weighted by atomic mass is 16.4. The Morgan fingerprint density at radius 1 is 1.56 bits per heavy atom. The maximum Gasteiger partial charge on any atom is 0.323 e. The van der Waals surface area contributed by atoms with E-state index in [1.165, 1.54) is 6.42 Å². The Bertz CT molecular complexity index is 262. The Hall–Kier alpha value is -0.610. The molecule has 1 fully saturated rings.